The molecule has 24 heavy (non-hydrogen) atoms. The molecule has 0 bridgehead atoms. The van der Waals surface area contributed by atoms with Gasteiger partial charge in [0.25, 0.3) is 10.0 Å². The van der Waals surface area contributed by atoms with Crippen molar-refractivity contribution in [1.82, 2.24) is 24.9 Å². The lowest BCUT2D eigenvalue weighted by atomic mass is 10.2. The Morgan fingerprint density at radius 3 is 2.79 bits per heavy atom. The molecule has 9 nitrogen and oxygen atoms in total. The van der Waals surface area contributed by atoms with E-state index >= 15 is 0 Å². The Morgan fingerprint density at radius 1 is 1.29 bits per heavy atom. The van der Waals surface area contributed by atoms with Gasteiger partial charge in [0.15, 0.2) is 5.76 Å². The van der Waals surface area contributed by atoms with Gasteiger partial charge in [0.1, 0.15) is 0 Å². The first-order valence-corrected chi connectivity index (χ1v) is 8.82. The van der Waals surface area contributed by atoms with Gasteiger partial charge in [-0.05, 0) is 32.4 Å². The zero-order valence-electron chi connectivity index (χ0n) is 13.3. The number of rotatable bonds is 7. The Bertz CT molecular complexity index is 911. The first-order chi connectivity index (χ1) is 11.5. The summed E-state index contributed by atoms with van der Waals surface area (Å²) in [5.74, 6) is 0.760. The maximum absolute atomic E-state index is 12.2. The zero-order chi connectivity index (χ0) is 17.2. The summed E-state index contributed by atoms with van der Waals surface area (Å²) in [5.41, 5.74) is 1.55. The van der Waals surface area contributed by atoms with Crippen LogP contribution in [-0.2, 0) is 16.6 Å². The lowest BCUT2D eigenvalue weighted by Crippen LogP contribution is -2.25. The van der Waals surface area contributed by atoms with Crippen LogP contribution < -0.4 is 4.72 Å². The van der Waals surface area contributed by atoms with Crippen molar-refractivity contribution >= 4 is 10.0 Å². The van der Waals surface area contributed by atoms with E-state index in [-0.39, 0.29) is 11.6 Å². The number of aryl methyl sites for hydroxylation is 2. The number of sulfonamides is 1. The third kappa shape index (κ3) is 3.39. The van der Waals surface area contributed by atoms with Crippen LogP contribution in [-0.4, -0.2) is 35.1 Å². The molecule has 0 aromatic carbocycles. The summed E-state index contributed by atoms with van der Waals surface area (Å²) in [7, 11) is -3.72. The number of nitrogens with zero attached hydrogens (tertiary/aromatic N) is 4. The fraction of sp³-hybridized carbons (Fsp3) is 0.357. The highest BCUT2D eigenvalue weighted by Gasteiger charge is 2.21. The average molecular weight is 351 g/mol. The molecule has 0 radical (unpaired) electrons. The molecule has 0 atom stereocenters. The summed E-state index contributed by atoms with van der Waals surface area (Å²) in [6.45, 7) is 4.47. The van der Waals surface area contributed by atoms with Crippen molar-refractivity contribution in [2.45, 2.75) is 31.9 Å². The van der Waals surface area contributed by atoms with E-state index < -0.39 is 10.0 Å². The molecule has 0 spiro atoms. The van der Waals surface area contributed by atoms with E-state index in [1.807, 2.05) is 6.92 Å². The van der Waals surface area contributed by atoms with Crippen molar-refractivity contribution in [3.63, 3.8) is 0 Å². The molecule has 10 heteroatoms. The summed E-state index contributed by atoms with van der Waals surface area (Å²) >= 11 is 0. The molecule has 0 aliphatic carbocycles. The monoisotopic (exact) mass is 351 g/mol. The summed E-state index contributed by atoms with van der Waals surface area (Å²) in [6.07, 6.45) is 3.87. The quantitative estimate of drug-likeness (QED) is 0.641. The number of aromatic nitrogens is 4. The van der Waals surface area contributed by atoms with Crippen molar-refractivity contribution in [1.29, 1.82) is 0 Å². The zero-order valence-corrected chi connectivity index (χ0v) is 14.1. The van der Waals surface area contributed by atoms with Crippen LogP contribution in [0.2, 0.25) is 0 Å². The Labute approximate surface area is 138 Å². The molecule has 0 amide bonds. The lowest BCUT2D eigenvalue weighted by Gasteiger charge is -2.04. The minimum Gasteiger partial charge on any atom is -0.440 e. The van der Waals surface area contributed by atoms with Crippen molar-refractivity contribution in [3.05, 3.63) is 35.8 Å². The Balaban J connectivity index is 1.63. The maximum atomic E-state index is 12.2. The van der Waals surface area contributed by atoms with Crippen LogP contribution in [0, 0.1) is 13.8 Å². The molecular formula is C14H17N5O4S. The summed E-state index contributed by atoms with van der Waals surface area (Å²) in [5, 5.41) is 11.2. The molecule has 0 fully saturated rings. The molecule has 3 rings (SSSR count). The van der Waals surface area contributed by atoms with E-state index in [1.165, 1.54) is 6.07 Å². The first kappa shape index (κ1) is 16.4. The van der Waals surface area contributed by atoms with Gasteiger partial charge in [0, 0.05) is 24.8 Å². The normalized spacial score (nSPS) is 11.9. The highest BCUT2D eigenvalue weighted by Crippen LogP contribution is 2.28. The van der Waals surface area contributed by atoms with Crippen LogP contribution >= 0.6 is 0 Å². The molecule has 0 saturated carbocycles. The molecule has 0 unspecified atom stereocenters. The van der Waals surface area contributed by atoms with E-state index in [0.29, 0.717) is 24.5 Å². The molecular weight excluding hydrogens is 334 g/mol. The van der Waals surface area contributed by atoms with Crippen molar-refractivity contribution < 1.29 is 17.4 Å². The van der Waals surface area contributed by atoms with Gasteiger partial charge in [-0.2, -0.15) is 0 Å². The van der Waals surface area contributed by atoms with Crippen molar-refractivity contribution in [2.24, 2.45) is 0 Å². The van der Waals surface area contributed by atoms with Gasteiger partial charge in [-0.1, -0.05) is 10.4 Å². The molecule has 3 aromatic rings. The van der Waals surface area contributed by atoms with Gasteiger partial charge >= 0.3 is 0 Å². The second kappa shape index (κ2) is 6.57. The topological polar surface area (TPSA) is 116 Å². The largest absolute Gasteiger partial charge is 0.440 e. The van der Waals surface area contributed by atoms with E-state index in [2.05, 4.69) is 20.2 Å². The number of furan rings is 1. The summed E-state index contributed by atoms with van der Waals surface area (Å²) < 4.78 is 39.2. The second-order valence-electron chi connectivity index (χ2n) is 5.26. The molecule has 0 saturated heterocycles. The molecule has 3 aromatic heterocycles. The van der Waals surface area contributed by atoms with Crippen LogP contribution in [0.25, 0.3) is 11.5 Å². The highest BCUT2D eigenvalue weighted by atomic mass is 32.2. The summed E-state index contributed by atoms with van der Waals surface area (Å²) in [4.78, 5) is 0. The Hall–Kier alpha value is -2.46. The molecule has 3 heterocycles. The third-order valence-corrected chi connectivity index (χ3v) is 4.89. The molecule has 1 N–H and O–H groups in total. The maximum Gasteiger partial charge on any atom is 0.273 e. The van der Waals surface area contributed by atoms with E-state index in [1.54, 1.807) is 30.1 Å². The smallest absolute Gasteiger partial charge is 0.273 e. The van der Waals surface area contributed by atoms with E-state index in [0.717, 1.165) is 11.3 Å². The van der Waals surface area contributed by atoms with Crippen LogP contribution in [0.1, 0.15) is 17.7 Å². The number of hydrogen-bond acceptors (Lipinski definition) is 7. The minimum absolute atomic E-state index is 0.160. The van der Waals surface area contributed by atoms with Crippen molar-refractivity contribution in [2.75, 3.05) is 6.54 Å². The number of hydrogen-bond donors (Lipinski definition) is 1. The third-order valence-electron chi connectivity index (χ3n) is 3.56. The van der Waals surface area contributed by atoms with Gasteiger partial charge in [0.05, 0.1) is 11.9 Å². The predicted molar refractivity (Wildman–Crippen MR) is 83.5 cm³/mol. The van der Waals surface area contributed by atoms with Gasteiger partial charge in [0.2, 0.25) is 10.9 Å². The van der Waals surface area contributed by atoms with Crippen LogP contribution in [0.15, 0.2) is 38.6 Å². The highest BCUT2D eigenvalue weighted by molar-refractivity contribution is 7.89. The summed E-state index contributed by atoms with van der Waals surface area (Å²) in [6, 6.07) is 2.95. The fourth-order valence-electron chi connectivity index (χ4n) is 2.10. The second-order valence-corrected chi connectivity index (χ2v) is 6.96. The predicted octanol–water partition coefficient (Wildman–Crippen LogP) is 1.51. The number of nitrogens with one attached hydrogen (secondary N) is 1. The fourth-order valence-corrected chi connectivity index (χ4v) is 3.10. The van der Waals surface area contributed by atoms with Gasteiger partial charge in [-0.3, -0.25) is 4.68 Å². The minimum atomic E-state index is -3.72. The average Bonchev–Trinajstić information content (AvgIpc) is 3.27. The van der Waals surface area contributed by atoms with Gasteiger partial charge in [-0.15, -0.1) is 5.10 Å². The lowest BCUT2D eigenvalue weighted by molar-refractivity contribution is 0.397. The Kier molecular flexibility index (Phi) is 4.49. The standard InChI is InChI=1S/C14H17N5O4S/c1-10-11(2)17-23-14(10)12-4-5-13(22-12)24(20,21)16-6-3-8-19-9-7-15-18-19/h4-5,7,9,16H,3,6,8H2,1-2H3. The van der Waals surface area contributed by atoms with Gasteiger partial charge in [-0.25, -0.2) is 13.1 Å². The SMILES string of the molecule is Cc1noc(-c2ccc(S(=O)(=O)NCCCn3ccnn3)o2)c1C. The Morgan fingerprint density at radius 2 is 2.12 bits per heavy atom. The van der Waals surface area contributed by atoms with Crippen LogP contribution in [0.4, 0.5) is 0 Å². The molecule has 128 valence electrons. The van der Waals surface area contributed by atoms with Crippen LogP contribution in [0.5, 0.6) is 0 Å². The molecule has 0 aliphatic rings. The van der Waals surface area contributed by atoms with Gasteiger partial charge < -0.3 is 8.94 Å². The van der Waals surface area contributed by atoms with E-state index in [9.17, 15) is 8.42 Å². The van der Waals surface area contributed by atoms with Crippen molar-refractivity contribution in [3.8, 4) is 11.5 Å². The van der Waals surface area contributed by atoms with Crippen LogP contribution in [0.3, 0.4) is 0 Å². The first-order valence-electron chi connectivity index (χ1n) is 7.34. The van der Waals surface area contributed by atoms with E-state index in [4.69, 9.17) is 8.94 Å². The molecule has 0 aliphatic heterocycles.